The van der Waals surface area contributed by atoms with E-state index < -0.39 is 0 Å². The normalized spacial score (nSPS) is 22.9. The summed E-state index contributed by atoms with van der Waals surface area (Å²) in [6.45, 7) is 6.74. The van der Waals surface area contributed by atoms with Crippen LogP contribution >= 0.6 is 11.6 Å². The Balaban J connectivity index is 1.56. The highest BCUT2D eigenvalue weighted by Crippen LogP contribution is 2.32. The van der Waals surface area contributed by atoms with Crippen molar-refractivity contribution in [2.24, 2.45) is 0 Å². The number of rotatable bonds is 4. The van der Waals surface area contributed by atoms with Crippen LogP contribution in [0.2, 0.25) is 5.15 Å². The molecule has 3 saturated heterocycles. The van der Waals surface area contributed by atoms with Crippen molar-refractivity contribution >= 4 is 34.5 Å². The molecule has 5 rings (SSSR count). The van der Waals surface area contributed by atoms with Crippen LogP contribution in [0.3, 0.4) is 0 Å². The van der Waals surface area contributed by atoms with E-state index in [0.29, 0.717) is 36.2 Å². The zero-order chi connectivity index (χ0) is 18.2. The van der Waals surface area contributed by atoms with Crippen LogP contribution in [0.4, 0.5) is 11.8 Å². The summed E-state index contributed by atoms with van der Waals surface area (Å²) >= 11 is 6.38. The van der Waals surface area contributed by atoms with E-state index in [0.717, 1.165) is 57.9 Å². The molecule has 0 saturated carbocycles. The zero-order valence-corrected chi connectivity index (χ0v) is 15.8. The number of nitrogens with one attached hydrogen (secondary N) is 1. The first kappa shape index (κ1) is 17.2. The minimum Gasteiger partial charge on any atom is -0.470 e. The van der Waals surface area contributed by atoms with Gasteiger partial charge < -0.3 is 24.6 Å². The summed E-state index contributed by atoms with van der Waals surface area (Å²) in [4.78, 5) is 23.0. The Kier molecular flexibility index (Phi) is 4.58. The highest BCUT2D eigenvalue weighted by atomic mass is 35.5. The maximum absolute atomic E-state index is 6.38. The third kappa shape index (κ3) is 3.35. The average molecular weight is 392 g/mol. The van der Waals surface area contributed by atoms with Crippen LogP contribution < -0.4 is 19.9 Å². The molecule has 1 N–H and O–H groups in total. The lowest BCUT2D eigenvalue weighted by Crippen LogP contribution is -2.44. The number of aromatic nitrogens is 4. The molecule has 0 aliphatic carbocycles. The van der Waals surface area contributed by atoms with Gasteiger partial charge in [-0.2, -0.15) is 15.0 Å². The summed E-state index contributed by atoms with van der Waals surface area (Å²) in [5, 5.41) is 3.60. The zero-order valence-electron chi connectivity index (χ0n) is 15.0. The molecule has 0 amide bonds. The average Bonchev–Trinajstić information content (AvgIpc) is 3.15. The molecule has 0 aromatic carbocycles. The molecular formula is C17H22ClN7O2. The predicted octanol–water partition coefficient (Wildman–Crippen LogP) is 0.861. The highest BCUT2D eigenvalue weighted by molar-refractivity contribution is 6.31. The first-order valence-corrected chi connectivity index (χ1v) is 9.86. The molecule has 0 unspecified atom stereocenters. The molecule has 0 bridgehead atoms. The second-order valence-electron chi connectivity index (χ2n) is 7.02. The predicted molar refractivity (Wildman–Crippen MR) is 102 cm³/mol. The number of fused-ring (bicyclic) bond motifs is 1. The van der Waals surface area contributed by atoms with Gasteiger partial charge in [0.05, 0.1) is 13.2 Å². The lowest BCUT2D eigenvalue weighted by atomic mass is 10.2. The van der Waals surface area contributed by atoms with Gasteiger partial charge in [-0.15, -0.1) is 0 Å². The van der Waals surface area contributed by atoms with Crippen molar-refractivity contribution in [2.45, 2.75) is 18.9 Å². The standard InChI is InChI=1S/C17H22ClN7O2/c18-13-16(27-11-2-9-26-10-11)21-14-12(20-13)15(24-5-1-6-24)23-17(22-14)25-7-3-19-4-8-25/h11,19H,1-10H2/t11-/m1/s1. The Hall–Kier alpha value is -1.97. The molecule has 2 aromatic rings. The molecule has 5 heterocycles. The van der Waals surface area contributed by atoms with Crippen LogP contribution in [0.15, 0.2) is 0 Å². The van der Waals surface area contributed by atoms with Gasteiger partial charge >= 0.3 is 0 Å². The molecule has 144 valence electrons. The molecule has 27 heavy (non-hydrogen) atoms. The van der Waals surface area contributed by atoms with Gasteiger partial charge in [0.25, 0.3) is 5.88 Å². The van der Waals surface area contributed by atoms with Crippen molar-refractivity contribution in [2.75, 3.05) is 62.3 Å². The second kappa shape index (κ2) is 7.21. The number of hydrogen-bond acceptors (Lipinski definition) is 9. The quantitative estimate of drug-likeness (QED) is 0.815. The van der Waals surface area contributed by atoms with E-state index >= 15 is 0 Å². The van der Waals surface area contributed by atoms with E-state index in [1.807, 2.05) is 0 Å². The Morgan fingerprint density at radius 1 is 1.04 bits per heavy atom. The SMILES string of the molecule is Clc1nc2c(N3CCC3)nc(N3CCNCC3)nc2nc1O[C@@H]1CCOC1. The fourth-order valence-electron chi connectivity index (χ4n) is 3.48. The highest BCUT2D eigenvalue weighted by Gasteiger charge is 2.26. The maximum Gasteiger partial charge on any atom is 0.254 e. The van der Waals surface area contributed by atoms with Gasteiger partial charge in [0.15, 0.2) is 22.1 Å². The molecule has 0 spiro atoms. The molecule has 1 atom stereocenters. The lowest BCUT2D eigenvalue weighted by molar-refractivity contribution is 0.138. The molecule has 3 aliphatic heterocycles. The van der Waals surface area contributed by atoms with Gasteiger partial charge in [-0.25, -0.2) is 4.98 Å². The smallest absolute Gasteiger partial charge is 0.254 e. The minimum absolute atomic E-state index is 0.0430. The van der Waals surface area contributed by atoms with Gasteiger partial charge in [0, 0.05) is 45.7 Å². The van der Waals surface area contributed by atoms with Crippen molar-refractivity contribution < 1.29 is 9.47 Å². The van der Waals surface area contributed by atoms with Crippen LogP contribution in [0.5, 0.6) is 5.88 Å². The van der Waals surface area contributed by atoms with Crippen LogP contribution in [0.1, 0.15) is 12.8 Å². The number of anilines is 2. The van der Waals surface area contributed by atoms with Gasteiger partial charge in [0.1, 0.15) is 6.10 Å². The number of piperazine rings is 1. The Labute approximate surface area is 162 Å². The first-order chi connectivity index (χ1) is 13.3. The van der Waals surface area contributed by atoms with Crippen molar-refractivity contribution in [3.63, 3.8) is 0 Å². The topological polar surface area (TPSA) is 88.5 Å². The third-order valence-electron chi connectivity index (χ3n) is 5.15. The molecular weight excluding hydrogens is 370 g/mol. The number of ether oxygens (including phenoxy) is 2. The maximum atomic E-state index is 6.38. The van der Waals surface area contributed by atoms with Crippen molar-refractivity contribution in [3.8, 4) is 5.88 Å². The van der Waals surface area contributed by atoms with Crippen molar-refractivity contribution in [1.29, 1.82) is 0 Å². The van der Waals surface area contributed by atoms with Crippen molar-refractivity contribution in [1.82, 2.24) is 25.3 Å². The van der Waals surface area contributed by atoms with E-state index in [4.69, 9.17) is 31.0 Å². The number of nitrogens with zero attached hydrogens (tertiary/aromatic N) is 6. The summed E-state index contributed by atoms with van der Waals surface area (Å²) in [6, 6.07) is 0. The molecule has 9 nitrogen and oxygen atoms in total. The molecule has 10 heteroatoms. The Bertz CT molecular complexity index is 836. The Morgan fingerprint density at radius 2 is 1.89 bits per heavy atom. The summed E-state index contributed by atoms with van der Waals surface area (Å²) in [7, 11) is 0. The van der Waals surface area contributed by atoms with E-state index in [-0.39, 0.29) is 11.3 Å². The van der Waals surface area contributed by atoms with Gasteiger partial charge in [-0.1, -0.05) is 11.6 Å². The molecule has 0 radical (unpaired) electrons. The number of halogens is 1. The third-order valence-corrected chi connectivity index (χ3v) is 5.40. The molecule has 3 fully saturated rings. The van der Waals surface area contributed by atoms with Gasteiger partial charge in [-0.05, 0) is 6.42 Å². The second-order valence-corrected chi connectivity index (χ2v) is 7.38. The van der Waals surface area contributed by atoms with E-state index in [1.165, 1.54) is 0 Å². The van der Waals surface area contributed by atoms with Crippen LogP contribution in [-0.4, -0.2) is 78.5 Å². The minimum atomic E-state index is -0.0430. The summed E-state index contributed by atoms with van der Waals surface area (Å²) in [5.41, 5.74) is 1.16. The van der Waals surface area contributed by atoms with E-state index in [2.05, 4.69) is 25.1 Å². The van der Waals surface area contributed by atoms with Crippen molar-refractivity contribution in [3.05, 3.63) is 5.15 Å². The molecule has 2 aromatic heterocycles. The van der Waals surface area contributed by atoms with Gasteiger partial charge in [0.2, 0.25) is 5.95 Å². The number of hydrogen-bond donors (Lipinski definition) is 1. The fraction of sp³-hybridized carbons (Fsp3) is 0.647. The van der Waals surface area contributed by atoms with Gasteiger partial charge in [-0.3, -0.25) is 0 Å². The largest absolute Gasteiger partial charge is 0.470 e. The van der Waals surface area contributed by atoms with E-state index in [1.54, 1.807) is 0 Å². The fourth-order valence-corrected chi connectivity index (χ4v) is 3.65. The Morgan fingerprint density at radius 3 is 2.59 bits per heavy atom. The summed E-state index contributed by atoms with van der Waals surface area (Å²) in [5.74, 6) is 1.82. The summed E-state index contributed by atoms with van der Waals surface area (Å²) in [6.07, 6.45) is 1.93. The monoisotopic (exact) mass is 391 g/mol. The van der Waals surface area contributed by atoms with Crippen LogP contribution in [0, 0.1) is 0 Å². The van der Waals surface area contributed by atoms with Crippen LogP contribution in [0.25, 0.3) is 11.2 Å². The molecule has 3 aliphatic rings. The lowest BCUT2D eigenvalue weighted by Gasteiger charge is -2.34. The van der Waals surface area contributed by atoms with Crippen LogP contribution in [-0.2, 0) is 4.74 Å². The first-order valence-electron chi connectivity index (χ1n) is 9.48. The van der Waals surface area contributed by atoms with E-state index in [9.17, 15) is 0 Å². The summed E-state index contributed by atoms with van der Waals surface area (Å²) < 4.78 is 11.3.